The fraction of sp³-hybridized carbons (Fsp3) is 0.368. The number of methoxy groups -OCH3 is 1. The Morgan fingerprint density at radius 2 is 2.08 bits per heavy atom. The maximum Gasteiger partial charge on any atom is 0.219 e. The predicted octanol–water partition coefficient (Wildman–Crippen LogP) is 2.71. The third kappa shape index (κ3) is 6.98. The van der Waals surface area contributed by atoms with Crippen molar-refractivity contribution in [2.75, 3.05) is 26.9 Å². The number of nitrogens with one attached hydrogen (secondary N) is 1. The van der Waals surface area contributed by atoms with E-state index in [0.29, 0.717) is 24.1 Å². The van der Waals surface area contributed by atoms with Crippen molar-refractivity contribution in [2.24, 2.45) is 10.7 Å². The average molecular weight is 358 g/mol. The number of rotatable bonds is 10. The maximum atomic E-state index is 5.84. The van der Waals surface area contributed by atoms with E-state index in [4.69, 9.17) is 19.9 Å². The highest BCUT2D eigenvalue weighted by atomic mass is 16.5. The van der Waals surface area contributed by atoms with Crippen molar-refractivity contribution in [3.8, 4) is 17.4 Å². The molecule has 7 nitrogen and oxygen atoms in total. The number of ether oxygens (including phenoxy) is 3. The van der Waals surface area contributed by atoms with E-state index in [2.05, 4.69) is 15.3 Å². The molecule has 1 heterocycles. The molecule has 0 bridgehead atoms. The minimum atomic E-state index is 0.415. The van der Waals surface area contributed by atoms with E-state index in [-0.39, 0.29) is 0 Å². The molecule has 0 spiro atoms. The zero-order valence-electron chi connectivity index (χ0n) is 15.3. The second-order valence-corrected chi connectivity index (χ2v) is 5.46. The van der Waals surface area contributed by atoms with E-state index >= 15 is 0 Å². The van der Waals surface area contributed by atoms with Crippen LogP contribution in [-0.2, 0) is 11.3 Å². The lowest BCUT2D eigenvalue weighted by molar-refractivity contribution is 0.145. The van der Waals surface area contributed by atoms with Gasteiger partial charge in [-0.25, -0.2) is 9.98 Å². The monoisotopic (exact) mass is 358 g/mol. The molecule has 0 amide bonds. The zero-order valence-corrected chi connectivity index (χ0v) is 15.3. The van der Waals surface area contributed by atoms with Crippen LogP contribution in [-0.4, -0.2) is 37.8 Å². The molecule has 140 valence electrons. The zero-order chi connectivity index (χ0) is 18.6. The van der Waals surface area contributed by atoms with Crippen LogP contribution in [0.1, 0.15) is 18.9 Å². The molecule has 3 N–H and O–H groups in total. The first-order valence-corrected chi connectivity index (χ1v) is 8.59. The smallest absolute Gasteiger partial charge is 0.219 e. The van der Waals surface area contributed by atoms with Gasteiger partial charge in [-0.05, 0) is 31.0 Å². The number of hydrogen-bond acceptors (Lipinski definition) is 5. The summed E-state index contributed by atoms with van der Waals surface area (Å²) < 4.78 is 16.1. The number of guanidine groups is 1. The average Bonchev–Trinajstić information content (AvgIpc) is 2.67. The van der Waals surface area contributed by atoms with Gasteiger partial charge in [0.1, 0.15) is 11.5 Å². The molecule has 2 aromatic rings. The minimum Gasteiger partial charge on any atom is -0.497 e. The molecule has 0 aliphatic rings. The Labute approximate surface area is 154 Å². The summed E-state index contributed by atoms with van der Waals surface area (Å²) in [6.45, 7) is 4.62. The number of pyridine rings is 1. The molecule has 0 atom stereocenters. The fourth-order valence-corrected chi connectivity index (χ4v) is 2.12. The first kappa shape index (κ1) is 19.5. The lowest BCUT2D eigenvalue weighted by Crippen LogP contribution is -2.32. The van der Waals surface area contributed by atoms with Gasteiger partial charge in [0.2, 0.25) is 5.88 Å². The summed E-state index contributed by atoms with van der Waals surface area (Å²) >= 11 is 0. The molecule has 0 unspecified atom stereocenters. The molecule has 0 fully saturated rings. The molecule has 1 aromatic carbocycles. The lowest BCUT2D eigenvalue weighted by Gasteiger charge is -2.07. The van der Waals surface area contributed by atoms with Gasteiger partial charge < -0.3 is 25.3 Å². The van der Waals surface area contributed by atoms with Crippen molar-refractivity contribution in [2.45, 2.75) is 19.9 Å². The van der Waals surface area contributed by atoms with Crippen molar-refractivity contribution < 1.29 is 14.2 Å². The quantitative estimate of drug-likeness (QED) is 0.385. The second kappa shape index (κ2) is 10.9. The number of nitrogens with two attached hydrogens (primary N) is 1. The van der Waals surface area contributed by atoms with Gasteiger partial charge in [-0.3, -0.25) is 0 Å². The third-order valence-electron chi connectivity index (χ3n) is 3.47. The van der Waals surface area contributed by atoms with Crippen LogP contribution in [0.15, 0.2) is 47.6 Å². The molecular weight excluding hydrogens is 332 g/mol. The summed E-state index contributed by atoms with van der Waals surface area (Å²) in [7, 11) is 1.62. The fourth-order valence-electron chi connectivity index (χ4n) is 2.12. The van der Waals surface area contributed by atoms with Gasteiger partial charge in [-0.15, -0.1) is 0 Å². The minimum absolute atomic E-state index is 0.415. The molecule has 0 aliphatic heterocycles. The van der Waals surface area contributed by atoms with Crippen LogP contribution in [0.2, 0.25) is 0 Å². The van der Waals surface area contributed by atoms with Crippen LogP contribution in [0.5, 0.6) is 17.4 Å². The van der Waals surface area contributed by atoms with Crippen molar-refractivity contribution in [1.29, 1.82) is 0 Å². The summed E-state index contributed by atoms with van der Waals surface area (Å²) in [6, 6.07) is 11.1. The normalized spacial score (nSPS) is 11.2. The van der Waals surface area contributed by atoms with Crippen LogP contribution in [0.4, 0.5) is 0 Å². The van der Waals surface area contributed by atoms with Gasteiger partial charge in [-0.2, -0.15) is 0 Å². The molecule has 2 rings (SSSR count). The first-order chi connectivity index (χ1) is 12.7. The largest absolute Gasteiger partial charge is 0.497 e. The van der Waals surface area contributed by atoms with Gasteiger partial charge in [-0.1, -0.05) is 12.1 Å². The highest BCUT2D eigenvalue weighted by Crippen LogP contribution is 2.23. The van der Waals surface area contributed by atoms with Crippen LogP contribution in [0.25, 0.3) is 0 Å². The summed E-state index contributed by atoms with van der Waals surface area (Å²) in [6.07, 6.45) is 2.61. The van der Waals surface area contributed by atoms with E-state index in [9.17, 15) is 0 Å². The summed E-state index contributed by atoms with van der Waals surface area (Å²) in [4.78, 5) is 8.59. The van der Waals surface area contributed by atoms with E-state index in [0.717, 1.165) is 37.5 Å². The van der Waals surface area contributed by atoms with Crippen molar-refractivity contribution in [3.63, 3.8) is 0 Å². The van der Waals surface area contributed by atoms with Gasteiger partial charge in [0.05, 0.1) is 13.7 Å². The molecule has 0 radical (unpaired) electrons. The maximum absolute atomic E-state index is 5.84. The molecule has 0 saturated carbocycles. The second-order valence-electron chi connectivity index (χ2n) is 5.46. The number of hydrogen-bond donors (Lipinski definition) is 2. The molecular formula is C19H26N4O3. The molecule has 7 heteroatoms. The standard InChI is InChI=1S/C19H26N4O3/c1-3-25-11-5-10-21-19(20)23-14-15-8-9-18(22-13-15)26-17-7-4-6-16(12-17)24-2/h4,6-9,12-13H,3,5,10-11,14H2,1-2H3,(H3,20,21,23). The van der Waals surface area contributed by atoms with E-state index in [1.165, 1.54) is 0 Å². The topological polar surface area (TPSA) is 91.0 Å². The highest BCUT2D eigenvalue weighted by molar-refractivity contribution is 5.77. The Morgan fingerprint density at radius 3 is 2.81 bits per heavy atom. The summed E-state index contributed by atoms with van der Waals surface area (Å²) in [5.41, 5.74) is 6.78. The van der Waals surface area contributed by atoms with Gasteiger partial charge in [0.25, 0.3) is 0 Å². The third-order valence-corrected chi connectivity index (χ3v) is 3.47. The predicted molar refractivity (Wildman–Crippen MR) is 102 cm³/mol. The number of benzene rings is 1. The first-order valence-electron chi connectivity index (χ1n) is 8.59. The SMILES string of the molecule is CCOCCCNC(N)=NCc1ccc(Oc2cccc(OC)c2)nc1. The number of nitrogens with zero attached hydrogens (tertiary/aromatic N) is 2. The van der Waals surface area contributed by atoms with Crippen LogP contribution < -0.4 is 20.5 Å². The Hall–Kier alpha value is -2.80. The van der Waals surface area contributed by atoms with Crippen molar-refractivity contribution >= 4 is 5.96 Å². The van der Waals surface area contributed by atoms with E-state index < -0.39 is 0 Å². The van der Waals surface area contributed by atoms with Gasteiger partial charge in [0, 0.05) is 38.1 Å². The van der Waals surface area contributed by atoms with Gasteiger partial charge in [0.15, 0.2) is 5.96 Å². The Kier molecular flexibility index (Phi) is 8.21. The van der Waals surface area contributed by atoms with Crippen molar-refractivity contribution in [3.05, 3.63) is 48.2 Å². The Balaban J connectivity index is 1.80. The van der Waals surface area contributed by atoms with Gasteiger partial charge >= 0.3 is 0 Å². The van der Waals surface area contributed by atoms with Crippen LogP contribution in [0.3, 0.4) is 0 Å². The highest BCUT2D eigenvalue weighted by Gasteiger charge is 2.01. The van der Waals surface area contributed by atoms with Crippen molar-refractivity contribution in [1.82, 2.24) is 10.3 Å². The Morgan fingerprint density at radius 1 is 1.23 bits per heavy atom. The molecule has 26 heavy (non-hydrogen) atoms. The molecule has 1 aromatic heterocycles. The van der Waals surface area contributed by atoms with Crippen LogP contribution in [0, 0.1) is 0 Å². The van der Waals surface area contributed by atoms with E-state index in [1.807, 2.05) is 31.2 Å². The summed E-state index contributed by atoms with van der Waals surface area (Å²) in [5.74, 6) is 2.33. The van der Waals surface area contributed by atoms with E-state index in [1.54, 1.807) is 25.4 Å². The Bertz CT molecular complexity index is 689. The molecule has 0 aliphatic carbocycles. The number of aliphatic imine (C=N–C) groups is 1. The molecule has 0 saturated heterocycles. The number of aromatic nitrogens is 1. The van der Waals surface area contributed by atoms with Crippen LogP contribution >= 0.6 is 0 Å². The lowest BCUT2D eigenvalue weighted by atomic mass is 10.3. The summed E-state index contributed by atoms with van der Waals surface area (Å²) in [5, 5.41) is 3.06.